The van der Waals surface area contributed by atoms with Crippen LogP contribution >= 0.6 is 15.9 Å². The minimum atomic E-state index is -0.170. The van der Waals surface area contributed by atoms with Crippen LogP contribution in [0.15, 0.2) is 45.3 Å². The van der Waals surface area contributed by atoms with E-state index in [1.54, 1.807) is 12.1 Å². The van der Waals surface area contributed by atoms with Crippen molar-refractivity contribution in [3.63, 3.8) is 0 Å². The molecule has 3 rings (SSSR count). The maximum Gasteiger partial charge on any atom is 0.255 e. The number of rotatable bonds is 3. The van der Waals surface area contributed by atoms with E-state index < -0.39 is 0 Å². The van der Waals surface area contributed by atoms with Crippen molar-refractivity contribution in [1.82, 2.24) is 4.98 Å². The van der Waals surface area contributed by atoms with Crippen molar-refractivity contribution in [3.8, 4) is 0 Å². The van der Waals surface area contributed by atoms with Gasteiger partial charge >= 0.3 is 0 Å². The Morgan fingerprint density at radius 1 is 1.22 bits per heavy atom. The summed E-state index contributed by atoms with van der Waals surface area (Å²) in [6, 6.07) is 11.0. The number of hydrogen-bond acceptors (Lipinski definition) is 3. The normalized spacial score (nSPS) is 11.2. The molecule has 0 fully saturated rings. The molecule has 0 aliphatic rings. The molecule has 0 aliphatic carbocycles. The van der Waals surface area contributed by atoms with Gasteiger partial charge in [-0.15, -0.1) is 0 Å². The summed E-state index contributed by atoms with van der Waals surface area (Å²) in [7, 11) is 0. The molecule has 1 aromatic heterocycles. The van der Waals surface area contributed by atoms with Crippen LogP contribution in [0.1, 0.15) is 41.6 Å². The van der Waals surface area contributed by atoms with Gasteiger partial charge < -0.3 is 9.73 Å². The van der Waals surface area contributed by atoms with Crippen LogP contribution in [0.4, 0.5) is 5.69 Å². The van der Waals surface area contributed by atoms with Crippen LogP contribution in [-0.2, 0) is 0 Å². The second kappa shape index (κ2) is 6.16. The fraction of sp³-hybridized carbons (Fsp3) is 0.222. The molecule has 0 atom stereocenters. The molecule has 2 aromatic carbocycles. The zero-order chi connectivity index (χ0) is 16.6. The lowest BCUT2D eigenvalue weighted by Gasteiger charge is -2.07. The van der Waals surface area contributed by atoms with Crippen molar-refractivity contribution in [2.24, 2.45) is 0 Å². The number of fused-ring (bicyclic) bond motifs is 1. The summed E-state index contributed by atoms with van der Waals surface area (Å²) in [6.07, 6.45) is 0. The molecule has 0 radical (unpaired) electrons. The van der Waals surface area contributed by atoms with Gasteiger partial charge in [0.1, 0.15) is 5.52 Å². The lowest BCUT2D eigenvalue weighted by Crippen LogP contribution is -2.11. The van der Waals surface area contributed by atoms with Gasteiger partial charge in [0, 0.05) is 21.6 Å². The molecular formula is C18H17BrN2O2. The first-order valence-corrected chi connectivity index (χ1v) is 8.21. The maximum absolute atomic E-state index is 12.4. The first-order chi connectivity index (χ1) is 10.9. The summed E-state index contributed by atoms with van der Waals surface area (Å²) in [5, 5.41) is 2.90. The van der Waals surface area contributed by atoms with Crippen molar-refractivity contribution in [1.29, 1.82) is 0 Å². The van der Waals surface area contributed by atoms with Crippen LogP contribution in [0.2, 0.25) is 0 Å². The number of carbonyl (C=O) groups excluding carboxylic acids is 1. The van der Waals surface area contributed by atoms with Crippen molar-refractivity contribution < 1.29 is 9.21 Å². The van der Waals surface area contributed by atoms with E-state index in [1.807, 2.05) is 45.0 Å². The van der Waals surface area contributed by atoms with Crippen LogP contribution in [0, 0.1) is 6.92 Å². The molecule has 5 heteroatoms. The first-order valence-electron chi connectivity index (χ1n) is 7.42. The second-order valence-corrected chi connectivity index (χ2v) is 6.66. The summed E-state index contributed by atoms with van der Waals surface area (Å²) < 4.78 is 6.72. The van der Waals surface area contributed by atoms with Crippen LogP contribution < -0.4 is 5.32 Å². The number of carbonyl (C=O) groups is 1. The van der Waals surface area contributed by atoms with Crippen LogP contribution in [0.5, 0.6) is 0 Å². The van der Waals surface area contributed by atoms with Crippen molar-refractivity contribution in [3.05, 3.63) is 57.9 Å². The number of aromatic nitrogens is 1. The van der Waals surface area contributed by atoms with E-state index in [2.05, 4.69) is 26.2 Å². The van der Waals surface area contributed by atoms with Gasteiger partial charge in [0.2, 0.25) is 0 Å². The Labute approximate surface area is 143 Å². The molecule has 3 aromatic rings. The summed E-state index contributed by atoms with van der Waals surface area (Å²) in [5.41, 5.74) is 3.77. The van der Waals surface area contributed by atoms with E-state index in [0.717, 1.165) is 21.2 Å². The Kier molecular flexibility index (Phi) is 4.22. The number of nitrogens with zero attached hydrogens (tertiary/aromatic N) is 1. The minimum Gasteiger partial charge on any atom is -0.440 e. The summed E-state index contributed by atoms with van der Waals surface area (Å²) in [5.74, 6) is 0.725. The lowest BCUT2D eigenvalue weighted by molar-refractivity contribution is 0.102. The molecule has 1 N–H and O–H groups in total. The maximum atomic E-state index is 12.4. The van der Waals surface area contributed by atoms with Gasteiger partial charge in [-0.05, 0) is 48.9 Å². The summed E-state index contributed by atoms with van der Waals surface area (Å²) in [6.45, 7) is 6.02. The Morgan fingerprint density at radius 3 is 2.70 bits per heavy atom. The number of aryl methyl sites for hydroxylation is 1. The Balaban J connectivity index is 1.86. The predicted molar refractivity (Wildman–Crippen MR) is 94.9 cm³/mol. The number of anilines is 1. The monoisotopic (exact) mass is 372 g/mol. The molecule has 0 saturated heterocycles. The van der Waals surface area contributed by atoms with E-state index in [0.29, 0.717) is 17.0 Å². The Bertz CT molecular complexity index is 884. The number of benzene rings is 2. The molecule has 118 valence electrons. The average molecular weight is 373 g/mol. The standard InChI is InChI=1S/C18H17BrN2O2/c1-10(2)18-21-15-7-4-12(9-16(15)23-18)17(22)20-13-5-6-14(19)11(3)8-13/h4-10H,1-3H3,(H,20,22). The van der Waals surface area contributed by atoms with E-state index in [4.69, 9.17) is 4.42 Å². The topological polar surface area (TPSA) is 55.1 Å². The third-order valence-electron chi connectivity index (χ3n) is 3.58. The van der Waals surface area contributed by atoms with Gasteiger partial charge in [-0.1, -0.05) is 29.8 Å². The van der Waals surface area contributed by atoms with Gasteiger partial charge in [0.05, 0.1) is 0 Å². The number of oxazole rings is 1. The van der Waals surface area contributed by atoms with Crippen molar-refractivity contribution in [2.45, 2.75) is 26.7 Å². The molecule has 0 spiro atoms. The number of amides is 1. The fourth-order valence-electron chi connectivity index (χ4n) is 2.26. The highest BCUT2D eigenvalue weighted by molar-refractivity contribution is 9.10. The molecule has 1 heterocycles. The molecule has 0 bridgehead atoms. The predicted octanol–water partition coefficient (Wildman–Crippen LogP) is 5.27. The molecule has 23 heavy (non-hydrogen) atoms. The van der Waals surface area contributed by atoms with E-state index in [-0.39, 0.29) is 11.8 Å². The van der Waals surface area contributed by atoms with Gasteiger partial charge in [0.15, 0.2) is 11.5 Å². The van der Waals surface area contributed by atoms with Crippen LogP contribution in [0.3, 0.4) is 0 Å². The summed E-state index contributed by atoms with van der Waals surface area (Å²) in [4.78, 5) is 16.8. The van der Waals surface area contributed by atoms with E-state index in [1.165, 1.54) is 0 Å². The van der Waals surface area contributed by atoms with Gasteiger partial charge in [0.25, 0.3) is 5.91 Å². The summed E-state index contributed by atoms with van der Waals surface area (Å²) >= 11 is 3.45. The molecule has 0 unspecified atom stereocenters. The van der Waals surface area contributed by atoms with E-state index >= 15 is 0 Å². The Morgan fingerprint density at radius 2 is 2.00 bits per heavy atom. The fourth-order valence-corrected chi connectivity index (χ4v) is 2.50. The highest BCUT2D eigenvalue weighted by atomic mass is 79.9. The smallest absolute Gasteiger partial charge is 0.255 e. The van der Waals surface area contributed by atoms with Gasteiger partial charge in [-0.3, -0.25) is 4.79 Å². The largest absolute Gasteiger partial charge is 0.440 e. The third kappa shape index (κ3) is 3.29. The highest BCUT2D eigenvalue weighted by Gasteiger charge is 2.13. The molecule has 4 nitrogen and oxygen atoms in total. The lowest BCUT2D eigenvalue weighted by atomic mass is 10.1. The number of hydrogen-bond donors (Lipinski definition) is 1. The third-order valence-corrected chi connectivity index (χ3v) is 4.47. The quantitative estimate of drug-likeness (QED) is 0.680. The van der Waals surface area contributed by atoms with Gasteiger partial charge in [-0.2, -0.15) is 0 Å². The number of halogens is 1. The van der Waals surface area contributed by atoms with Crippen molar-refractivity contribution in [2.75, 3.05) is 5.32 Å². The number of nitrogens with one attached hydrogen (secondary N) is 1. The van der Waals surface area contributed by atoms with E-state index in [9.17, 15) is 4.79 Å². The minimum absolute atomic E-state index is 0.170. The Hall–Kier alpha value is -2.14. The molecule has 1 amide bonds. The molecular weight excluding hydrogens is 356 g/mol. The van der Waals surface area contributed by atoms with Crippen LogP contribution in [0.25, 0.3) is 11.1 Å². The second-order valence-electron chi connectivity index (χ2n) is 5.81. The zero-order valence-corrected chi connectivity index (χ0v) is 14.8. The van der Waals surface area contributed by atoms with Gasteiger partial charge in [-0.25, -0.2) is 4.98 Å². The molecule has 0 saturated carbocycles. The molecule has 0 aliphatic heterocycles. The first kappa shape index (κ1) is 15.7. The highest BCUT2D eigenvalue weighted by Crippen LogP contribution is 2.23. The van der Waals surface area contributed by atoms with Crippen LogP contribution in [-0.4, -0.2) is 10.9 Å². The SMILES string of the molecule is Cc1cc(NC(=O)c2ccc3nc(C(C)C)oc3c2)ccc1Br. The zero-order valence-electron chi connectivity index (χ0n) is 13.2. The van der Waals surface area contributed by atoms with Crippen molar-refractivity contribution >= 4 is 38.6 Å². The average Bonchev–Trinajstić information content (AvgIpc) is 2.94.